The van der Waals surface area contributed by atoms with Gasteiger partial charge in [0.15, 0.2) is 5.65 Å². The highest BCUT2D eigenvalue weighted by molar-refractivity contribution is 6.00. The van der Waals surface area contributed by atoms with E-state index < -0.39 is 23.7 Å². The SMILES string of the molecule is CNc1cc2nc3c(cnn13)C(=O)NC(C(C)(C)O)[C@@H](C)OCc1cc(c(N)c(N(C)N)c1)N2. The number of hydrogen-bond acceptors (Lipinski definition) is 10. The van der Waals surface area contributed by atoms with E-state index in [1.54, 1.807) is 40.9 Å². The zero-order valence-electron chi connectivity index (χ0n) is 19.9. The molecule has 12 nitrogen and oxygen atoms in total. The number of aliphatic hydroxyl groups is 1. The van der Waals surface area contributed by atoms with Gasteiger partial charge in [-0.1, -0.05) is 0 Å². The lowest BCUT2D eigenvalue weighted by Gasteiger charge is -2.34. The van der Waals surface area contributed by atoms with Crippen LogP contribution in [0.15, 0.2) is 24.4 Å². The van der Waals surface area contributed by atoms with Crippen molar-refractivity contribution in [3.63, 3.8) is 0 Å². The van der Waals surface area contributed by atoms with Crippen LogP contribution in [-0.2, 0) is 11.3 Å². The molecule has 1 aliphatic heterocycles. The Morgan fingerprint density at radius 2 is 2.09 bits per heavy atom. The third kappa shape index (κ3) is 4.30. The second kappa shape index (κ2) is 8.63. The maximum atomic E-state index is 13.3. The minimum absolute atomic E-state index is 0.201. The molecule has 0 spiro atoms. The number of hydrogen-bond donors (Lipinski definition) is 6. The smallest absolute Gasteiger partial charge is 0.257 e. The van der Waals surface area contributed by atoms with Crippen molar-refractivity contribution in [1.29, 1.82) is 0 Å². The molecule has 1 amide bonds. The molecule has 1 unspecified atom stereocenters. The summed E-state index contributed by atoms with van der Waals surface area (Å²) >= 11 is 0. The van der Waals surface area contributed by atoms with Gasteiger partial charge in [-0.05, 0) is 38.5 Å². The second-order valence-corrected chi connectivity index (χ2v) is 9.00. The van der Waals surface area contributed by atoms with E-state index in [1.165, 1.54) is 15.7 Å². The first-order valence-electron chi connectivity index (χ1n) is 10.9. The number of hydrazine groups is 1. The van der Waals surface area contributed by atoms with Gasteiger partial charge in [-0.25, -0.2) is 10.8 Å². The summed E-state index contributed by atoms with van der Waals surface area (Å²) in [5.41, 5.74) is 8.15. The normalized spacial score (nSPS) is 18.9. The zero-order valence-corrected chi connectivity index (χ0v) is 19.9. The molecular formula is C22H31N9O3. The van der Waals surface area contributed by atoms with E-state index in [4.69, 9.17) is 16.3 Å². The van der Waals surface area contributed by atoms with Crippen molar-refractivity contribution in [2.24, 2.45) is 5.84 Å². The topological polar surface area (TPSA) is 168 Å². The molecular weight excluding hydrogens is 438 g/mol. The number of ether oxygens (including phenoxy) is 1. The number of anilines is 5. The molecule has 2 aromatic heterocycles. The van der Waals surface area contributed by atoms with Crippen molar-refractivity contribution < 1.29 is 14.6 Å². The molecule has 4 rings (SSSR count). The van der Waals surface area contributed by atoms with Gasteiger partial charge in [-0.3, -0.25) is 4.79 Å². The van der Waals surface area contributed by atoms with Gasteiger partial charge < -0.3 is 36.5 Å². The van der Waals surface area contributed by atoms with Gasteiger partial charge >= 0.3 is 0 Å². The van der Waals surface area contributed by atoms with E-state index >= 15 is 0 Å². The maximum Gasteiger partial charge on any atom is 0.257 e. The number of carbonyl (C=O) groups is 1. The Labute approximate surface area is 197 Å². The lowest BCUT2D eigenvalue weighted by atomic mass is 9.94. The first-order valence-corrected chi connectivity index (χ1v) is 10.9. The van der Waals surface area contributed by atoms with Crippen LogP contribution in [0.2, 0.25) is 0 Å². The lowest BCUT2D eigenvalue weighted by molar-refractivity contribution is -0.0489. The third-order valence-corrected chi connectivity index (χ3v) is 5.86. The molecule has 0 saturated heterocycles. The molecule has 1 aliphatic rings. The van der Waals surface area contributed by atoms with Gasteiger partial charge in [0.2, 0.25) is 0 Å². The van der Waals surface area contributed by atoms with Gasteiger partial charge in [0, 0.05) is 20.2 Å². The molecule has 182 valence electrons. The molecule has 3 heterocycles. The monoisotopic (exact) mass is 469 g/mol. The van der Waals surface area contributed by atoms with Crippen molar-refractivity contribution in [2.45, 2.75) is 45.1 Å². The van der Waals surface area contributed by atoms with Crippen molar-refractivity contribution in [1.82, 2.24) is 19.9 Å². The molecule has 34 heavy (non-hydrogen) atoms. The fraction of sp³-hybridized carbons (Fsp3) is 0.409. The fourth-order valence-corrected chi connectivity index (χ4v) is 4.09. The number of fused-ring (bicyclic) bond motifs is 3. The van der Waals surface area contributed by atoms with Gasteiger partial charge in [-0.15, -0.1) is 0 Å². The maximum absolute atomic E-state index is 13.3. The van der Waals surface area contributed by atoms with E-state index in [0.29, 0.717) is 34.3 Å². The molecule has 3 aromatic rings. The van der Waals surface area contributed by atoms with Gasteiger partial charge in [0.25, 0.3) is 5.91 Å². The summed E-state index contributed by atoms with van der Waals surface area (Å²) < 4.78 is 7.61. The zero-order chi connectivity index (χ0) is 24.8. The minimum atomic E-state index is -1.26. The summed E-state index contributed by atoms with van der Waals surface area (Å²) in [5, 5.41) is 25.8. The van der Waals surface area contributed by atoms with Crippen molar-refractivity contribution >= 4 is 40.3 Å². The lowest BCUT2D eigenvalue weighted by Crippen LogP contribution is -2.55. The number of amides is 1. The Balaban J connectivity index is 1.94. The van der Waals surface area contributed by atoms with Crippen LogP contribution in [0.1, 0.15) is 36.7 Å². The van der Waals surface area contributed by atoms with E-state index in [-0.39, 0.29) is 12.2 Å². The van der Waals surface area contributed by atoms with Crippen LogP contribution in [0.4, 0.5) is 28.7 Å². The number of aromatic nitrogens is 3. The largest absolute Gasteiger partial charge is 0.395 e. The predicted molar refractivity (Wildman–Crippen MR) is 131 cm³/mol. The van der Waals surface area contributed by atoms with E-state index in [2.05, 4.69) is 26.0 Å². The van der Waals surface area contributed by atoms with Gasteiger partial charge in [0.05, 0.1) is 47.6 Å². The summed E-state index contributed by atoms with van der Waals surface area (Å²) in [6.07, 6.45) is 0.913. The van der Waals surface area contributed by atoms with Crippen molar-refractivity contribution in [3.8, 4) is 0 Å². The van der Waals surface area contributed by atoms with Crippen molar-refractivity contribution in [2.75, 3.05) is 35.5 Å². The van der Waals surface area contributed by atoms with Crippen molar-refractivity contribution in [3.05, 3.63) is 35.5 Å². The number of benzene rings is 1. The highest BCUT2D eigenvalue weighted by Gasteiger charge is 2.35. The van der Waals surface area contributed by atoms with Crippen LogP contribution in [-0.4, -0.2) is 57.5 Å². The minimum Gasteiger partial charge on any atom is -0.395 e. The number of nitrogens with two attached hydrogens (primary N) is 2. The molecule has 4 bridgehead atoms. The first-order chi connectivity index (χ1) is 16.0. The number of nitrogens with one attached hydrogen (secondary N) is 3. The van der Waals surface area contributed by atoms with Crippen LogP contribution in [0.5, 0.6) is 0 Å². The Morgan fingerprint density at radius 3 is 2.74 bits per heavy atom. The quantitative estimate of drug-likeness (QED) is 0.186. The highest BCUT2D eigenvalue weighted by Crippen LogP contribution is 2.34. The summed E-state index contributed by atoms with van der Waals surface area (Å²) in [6, 6.07) is 4.74. The Bertz CT molecular complexity index is 1230. The first kappa shape index (κ1) is 23.5. The third-order valence-electron chi connectivity index (χ3n) is 5.86. The summed E-state index contributed by atoms with van der Waals surface area (Å²) in [7, 11) is 3.45. The molecule has 12 heteroatoms. The highest BCUT2D eigenvalue weighted by atomic mass is 16.5. The molecule has 0 saturated carbocycles. The molecule has 0 aliphatic carbocycles. The summed E-state index contributed by atoms with van der Waals surface area (Å²) in [4.78, 5) is 17.9. The summed E-state index contributed by atoms with van der Waals surface area (Å²) in [5.74, 6) is 6.66. The van der Waals surface area contributed by atoms with Gasteiger partial charge in [0.1, 0.15) is 17.2 Å². The second-order valence-electron chi connectivity index (χ2n) is 9.00. The molecule has 0 radical (unpaired) electrons. The molecule has 1 aromatic carbocycles. The van der Waals surface area contributed by atoms with Crippen LogP contribution >= 0.6 is 0 Å². The number of carbonyl (C=O) groups excluding carboxylic acids is 1. The molecule has 8 N–H and O–H groups in total. The molecule has 2 atom stereocenters. The summed E-state index contributed by atoms with van der Waals surface area (Å²) in [6.45, 7) is 5.25. The van der Waals surface area contributed by atoms with Gasteiger partial charge in [-0.2, -0.15) is 9.61 Å². The molecule has 0 fully saturated rings. The average Bonchev–Trinajstić information content (AvgIpc) is 3.19. The van der Waals surface area contributed by atoms with Crippen LogP contribution in [0.3, 0.4) is 0 Å². The van der Waals surface area contributed by atoms with E-state index in [9.17, 15) is 9.90 Å². The number of nitrogens with zero attached hydrogens (tertiary/aromatic N) is 4. The average molecular weight is 470 g/mol. The Kier molecular flexibility index (Phi) is 5.98. The predicted octanol–water partition coefficient (Wildman–Crippen LogP) is 1.19. The van der Waals surface area contributed by atoms with E-state index in [0.717, 1.165) is 5.56 Å². The Hall–Kier alpha value is -3.61. The number of rotatable bonds is 3. The van der Waals surface area contributed by atoms with E-state index in [1.807, 2.05) is 12.1 Å². The number of nitrogen functional groups attached to an aromatic ring is 1. The standard InChI is InChI=1S/C22H31N9O3/c1-11-19(22(2,3)33)29-21(32)13-9-26-31-17(25-4)8-16(28-20(13)31)27-14-6-12(10-34-11)7-15(18(14)23)30(5)24/h6-9,11,19,25,33H,10,23-24H2,1-5H3,(H,27,28)(H,29,32)/t11-,19?/m1/s1. The van der Waals surface area contributed by atoms with Crippen LogP contribution < -0.4 is 32.5 Å². The van der Waals surface area contributed by atoms with Crippen LogP contribution in [0.25, 0.3) is 5.65 Å². The fourth-order valence-electron chi connectivity index (χ4n) is 4.09. The van der Waals surface area contributed by atoms with Crippen LogP contribution in [0, 0.1) is 0 Å². The Morgan fingerprint density at radius 1 is 1.35 bits per heavy atom.